The summed E-state index contributed by atoms with van der Waals surface area (Å²) in [5, 5.41) is 14.4. The second-order valence-corrected chi connectivity index (χ2v) is 6.92. The Kier molecular flexibility index (Phi) is 7.72. The SMILES string of the molecule is Cc1cccc(NC(=O)CCCSCC(=O)Nc2ccc(C#N)cc2)c1. The molecule has 0 aliphatic rings. The summed E-state index contributed by atoms with van der Waals surface area (Å²) < 4.78 is 0. The van der Waals surface area contributed by atoms with Crippen LogP contribution in [-0.4, -0.2) is 23.3 Å². The molecule has 5 nitrogen and oxygen atoms in total. The topological polar surface area (TPSA) is 82.0 Å². The third-order valence-electron chi connectivity index (χ3n) is 3.53. The number of benzene rings is 2. The third-order valence-corrected chi connectivity index (χ3v) is 4.57. The highest BCUT2D eigenvalue weighted by atomic mass is 32.2. The summed E-state index contributed by atoms with van der Waals surface area (Å²) in [5.74, 6) is 0.962. The molecule has 0 aromatic heterocycles. The lowest BCUT2D eigenvalue weighted by Crippen LogP contribution is -2.15. The van der Waals surface area contributed by atoms with Crippen LogP contribution in [0, 0.1) is 18.3 Å². The van der Waals surface area contributed by atoms with Gasteiger partial charge < -0.3 is 10.6 Å². The van der Waals surface area contributed by atoms with E-state index in [0.29, 0.717) is 29.8 Å². The second-order valence-electron chi connectivity index (χ2n) is 5.81. The standard InChI is InChI=1S/C20H21N3O2S/c1-15-4-2-5-18(12-15)23-19(24)6-3-11-26-14-20(25)22-17-9-7-16(13-21)8-10-17/h2,4-5,7-10,12H,3,6,11,14H2,1H3,(H,22,25)(H,23,24). The number of nitrogens with one attached hydrogen (secondary N) is 2. The number of aryl methyl sites for hydroxylation is 1. The Morgan fingerprint density at radius 2 is 1.77 bits per heavy atom. The predicted octanol–water partition coefficient (Wildman–Crippen LogP) is 3.96. The average Bonchev–Trinajstić information content (AvgIpc) is 2.62. The first-order chi connectivity index (χ1) is 12.6. The zero-order valence-electron chi connectivity index (χ0n) is 14.6. The molecule has 0 bridgehead atoms. The van der Waals surface area contributed by atoms with Crippen molar-refractivity contribution in [1.82, 2.24) is 0 Å². The van der Waals surface area contributed by atoms with Crippen molar-refractivity contribution in [2.75, 3.05) is 22.1 Å². The zero-order chi connectivity index (χ0) is 18.8. The molecular formula is C20H21N3O2S. The zero-order valence-corrected chi connectivity index (χ0v) is 15.4. The fourth-order valence-corrected chi connectivity index (χ4v) is 3.02. The van der Waals surface area contributed by atoms with Crippen molar-refractivity contribution in [2.24, 2.45) is 0 Å². The van der Waals surface area contributed by atoms with E-state index in [1.165, 1.54) is 11.8 Å². The van der Waals surface area contributed by atoms with Crippen molar-refractivity contribution in [1.29, 1.82) is 5.26 Å². The van der Waals surface area contributed by atoms with Crippen molar-refractivity contribution < 1.29 is 9.59 Å². The van der Waals surface area contributed by atoms with E-state index >= 15 is 0 Å². The molecule has 0 aliphatic heterocycles. The molecule has 6 heteroatoms. The summed E-state index contributed by atoms with van der Waals surface area (Å²) in [4.78, 5) is 23.8. The van der Waals surface area contributed by atoms with Gasteiger partial charge in [-0.1, -0.05) is 12.1 Å². The molecule has 0 saturated carbocycles. The number of thioether (sulfide) groups is 1. The maximum atomic E-state index is 11.9. The van der Waals surface area contributed by atoms with Gasteiger partial charge in [-0.2, -0.15) is 17.0 Å². The van der Waals surface area contributed by atoms with Crippen molar-refractivity contribution in [2.45, 2.75) is 19.8 Å². The summed E-state index contributed by atoms with van der Waals surface area (Å²) in [6.07, 6.45) is 1.14. The number of amides is 2. The van der Waals surface area contributed by atoms with Gasteiger partial charge in [0.1, 0.15) is 0 Å². The molecule has 0 saturated heterocycles. The molecule has 0 aliphatic carbocycles. The van der Waals surface area contributed by atoms with E-state index in [1.807, 2.05) is 37.3 Å². The lowest BCUT2D eigenvalue weighted by atomic mass is 10.2. The van der Waals surface area contributed by atoms with Gasteiger partial charge in [0.25, 0.3) is 0 Å². The molecule has 2 aromatic rings. The van der Waals surface area contributed by atoms with E-state index in [-0.39, 0.29) is 11.8 Å². The molecule has 2 aromatic carbocycles. The summed E-state index contributed by atoms with van der Waals surface area (Å²) in [7, 11) is 0. The van der Waals surface area contributed by atoms with E-state index in [9.17, 15) is 9.59 Å². The van der Waals surface area contributed by atoms with Gasteiger partial charge in [-0.3, -0.25) is 9.59 Å². The quantitative estimate of drug-likeness (QED) is 0.692. The minimum atomic E-state index is -0.0936. The molecule has 2 amide bonds. The van der Waals surface area contributed by atoms with Crippen LogP contribution in [0.3, 0.4) is 0 Å². The molecule has 2 rings (SSSR count). The van der Waals surface area contributed by atoms with Crippen molar-refractivity contribution >= 4 is 35.0 Å². The average molecular weight is 367 g/mol. The molecule has 26 heavy (non-hydrogen) atoms. The summed E-state index contributed by atoms with van der Waals surface area (Å²) in [5.41, 5.74) is 3.14. The first-order valence-electron chi connectivity index (χ1n) is 8.31. The lowest BCUT2D eigenvalue weighted by Gasteiger charge is -2.07. The lowest BCUT2D eigenvalue weighted by molar-refractivity contribution is -0.116. The van der Waals surface area contributed by atoms with Gasteiger partial charge in [0.05, 0.1) is 17.4 Å². The number of nitriles is 1. The van der Waals surface area contributed by atoms with Gasteiger partial charge in [0.15, 0.2) is 0 Å². The molecule has 2 N–H and O–H groups in total. The van der Waals surface area contributed by atoms with Gasteiger partial charge in [-0.05, 0) is 61.1 Å². The number of hydrogen-bond acceptors (Lipinski definition) is 4. The van der Waals surface area contributed by atoms with Gasteiger partial charge >= 0.3 is 0 Å². The Hall–Kier alpha value is -2.78. The fraction of sp³-hybridized carbons (Fsp3) is 0.250. The maximum Gasteiger partial charge on any atom is 0.234 e. The van der Waals surface area contributed by atoms with Crippen LogP contribution in [-0.2, 0) is 9.59 Å². The van der Waals surface area contributed by atoms with Crippen LogP contribution in [0.2, 0.25) is 0 Å². The van der Waals surface area contributed by atoms with E-state index in [2.05, 4.69) is 10.6 Å². The van der Waals surface area contributed by atoms with Gasteiger partial charge in [0.2, 0.25) is 11.8 Å². The van der Waals surface area contributed by atoms with Crippen molar-refractivity contribution in [3.8, 4) is 6.07 Å². The first kappa shape index (κ1) is 19.5. The van der Waals surface area contributed by atoms with Gasteiger partial charge in [0, 0.05) is 17.8 Å². The number of carbonyl (C=O) groups is 2. The van der Waals surface area contributed by atoms with Crippen LogP contribution < -0.4 is 10.6 Å². The number of rotatable bonds is 8. The Morgan fingerprint density at radius 1 is 1.04 bits per heavy atom. The van der Waals surface area contributed by atoms with Crippen LogP contribution in [0.25, 0.3) is 0 Å². The van der Waals surface area contributed by atoms with Crippen LogP contribution in [0.5, 0.6) is 0 Å². The number of nitrogens with zero attached hydrogens (tertiary/aromatic N) is 1. The normalized spacial score (nSPS) is 10.0. The Balaban J connectivity index is 1.60. The summed E-state index contributed by atoms with van der Waals surface area (Å²) in [6, 6.07) is 16.5. The Morgan fingerprint density at radius 3 is 2.46 bits per heavy atom. The highest BCUT2D eigenvalue weighted by molar-refractivity contribution is 7.99. The van der Waals surface area contributed by atoms with Crippen LogP contribution >= 0.6 is 11.8 Å². The Labute approximate surface area is 157 Å². The van der Waals surface area contributed by atoms with Crippen molar-refractivity contribution in [3.63, 3.8) is 0 Å². The van der Waals surface area contributed by atoms with Crippen molar-refractivity contribution in [3.05, 3.63) is 59.7 Å². The minimum Gasteiger partial charge on any atom is -0.326 e. The van der Waals surface area contributed by atoms with Gasteiger partial charge in [-0.25, -0.2) is 0 Å². The molecule has 134 valence electrons. The van der Waals surface area contributed by atoms with Crippen LogP contribution in [0.1, 0.15) is 24.0 Å². The van der Waals surface area contributed by atoms with Crippen LogP contribution in [0.15, 0.2) is 48.5 Å². The second kappa shape index (κ2) is 10.3. The molecule has 0 spiro atoms. The number of carbonyl (C=O) groups excluding carboxylic acids is 2. The fourth-order valence-electron chi connectivity index (χ4n) is 2.27. The monoisotopic (exact) mass is 367 g/mol. The number of anilines is 2. The summed E-state index contributed by atoms with van der Waals surface area (Å²) >= 11 is 1.49. The predicted molar refractivity (Wildman–Crippen MR) is 106 cm³/mol. The van der Waals surface area contributed by atoms with E-state index in [1.54, 1.807) is 24.3 Å². The maximum absolute atomic E-state index is 11.9. The smallest absolute Gasteiger partial charge is 0.234 e. The summed E-state index contributed by atoms with van der Waals surface area (Å²) in [6.45, 7) is 1.98. The van der Waals surface area contributed by atoms with E-state index in [4.69, 9.17) is 5.26 Å². The molecular weight excluding hydrogens is 346 g/mol. The Bertz CT molecular complexity index is 797. The van der Waals surface area contributed by atoms with Gasteiger partial charge in [-0.15, -0.1) is 0 Å². The third kappa shape index (κ3) is 6.99. The molecule has 0 unspecified atom stereocenters. The minimum absolute atomic E-state index is 0.0155. The number of hydrogen-bond donors (Lipinski definition) is 2. The molecule has 0 radical (unpaired) electrons. The first-order valence-corrected chi connectivity index (χ1v) is 9.46. The van der Waals surface area contributed by atoms with E-state index in [0.717, 1.165) is 17.0 Å². The largest absolute Gasteiger partial charge is 0.326 e. The van der Waals surface area contributed by atoms with E-state index < -0.39 is 0 Å². The molecule has 0 heterocycles. The molecule has 0 fully saturated rings. The van der Waals surface area contributed by atoms with Crippen LogP contribution in [0.4, 0.5) is 11.4 Å². The highest BCUT2D eigenvalue weighted by Crippen LogP contribution is 2.12. The highest BCUT2D eigenvalue weighted by Gasteiger charge is 2.05. The molecule has 0 atom stereocenters.